The van der Waals surface area contributed by atoms with Gasteiger partial charge in [-0.05, 0) is 13.0 Å². The molecule has 5 nitrogen and oxygen atoms in total. The fourth-order valence-corrected chi connectivity index (χ4v) is 2.60. The minimum Gasteiger partial charge on any atom is -0.337 e. The summed E-state index contributed by atoms with van der Waals surface area (Å²) in [4.78, 5) is 14.4. The molecule has 1 saturated heterocycles. The fraction of sp³-hybridized carbons (Fsp3) is 0.333. The van der Waals surface area contributed by atoms with E-state index >= 15 is 0 Å². The van der Waals surface area contributed by atoms with Crippen molar-refractivity contribution in [3.8, 4) is 11.3 Å². The van der Waals surface area contributed by atoms with E-state index in [2.05, 4.69) is 15.5 Å². The van der Waals surface area contributed by atoms with Gasteiger partial charge >= 0.3 is 0 Å². The van der Waals surface area contributed by atoms with Crippen molar-refractivity contribution in [3.05, 3.63) is 42.1 Å². The molecule has 0 saturated carbocycles. The number of hydrogen-bond donors (Lipinski definition) is 2. The minimum absolute atomic E-state index is 0. The Balaban J connectivity index is 0.00000161. The van der Waals surface area contributed by atoms with Crippen LogP contribution in [0.4, 0.5) is 0 Å². The molecular weight excluding hydrogens is 288 g/mol. The van der Waals surface area contributed by atoms with E-state index in [1.165, 1.54) is 0 Å². The van der Waals surface area contributed by atoms with Crippen molar-refractivity contribution in [3.63, 3.8) is 0 Å². The number of hydrogen-bond acceptors (Lipinski definition) is 3. The molecule has 1 aliphatic rings. The van der Waals surface area contributed by atoms with Crippen LogP contribution in [0.15, 0.2) is 36.5 Å². The molecule has 1 fully saturated rings. The Hall–Kier alpha value is -1.85. The van der Waals surface area contributed by atoms with Crippen molar-refractivity contribution in [2.75, 3.05) is 20.1 Å². The molecule has 2 N–H and O–H groups in total. The number of carbonyl (C=O) groups excluding carboxylic acids is 1. The molecule has 112 valence electrons. The summed E-state index contributed by atoms with van der Waals surface area (Å²) < 4.78 is 0. The van der Waals surface area contributed by atoms with Crippen LogP contribution in [0.25, 0.3) is 11.3 Å². The zero-order valence-electron chi connectivity index (χ0n) is 11.9. The van der Waals surface area contributed by atoms with Crippen LogP contribution in [0.5, 0.6) is 0 Å². The smallest absolute Gasteiger partial charge is 0.257 e. The Labute approximate surface area is 130 Å². The first-order chi connectivity index (χ1) is 9.77. The lowest BCUT2D eigenvalue weighted by Gasteiger charge is -2.23. The van der Waals surface area contributed by atoms with Crippen LogP contribution in [0.1, 0.15) is 16.8 Å². The van der Waals surface area contributed by atoms with E-state index in [0.29, 0.717) is 5.56 Å². The van der Waals surface area contributed by atoms with E-state index in [0.717, 1.165) is 30.8 Å². The van der Waals surface area contributed by atoms with Gasteiger partial charge in [0, 0.05) is 25.2 Å². The Morgan fingerprint density at radius 2 is 2.10 bits per heavy atom. The SMILES string of the molecule is CN(C(=O)c1cn[nH]c1-c1ccccc1)C1CCNC1.Cl. The summed E-state index contributed by atoms with van der Waals surface area (Å²) in [5, 5.41) is 10.3. The van der Waals surface area contributed by atoms with E-state index < -0.39 is 0 Å². The quantitative estimate of drug-likeness (QED) is 0.911. The van der Waals surface area contributed by atoms with Crippen LogP contribution < -0.4 is 5.32 Å². The van der Waals surface area contributed by atoms with Gasteiger partial charge in [0.2, 0.25) is 0 Å². The standard InChI is InChI=1S/C15H18N4O.ClH/c1-19(12-7-8-16-9-12)15(20)13-10-17-18-14(13)11-5-3-2-4-6-11;/h2-6,10,12,16H,7-9H2,1H3,(H,17,18);1H. The third kappa shape index (κ3) is 3.09. The van der Waals surface area contributed by atoms with Gasteiger partial charge in [0.15, 0.2) is 0 Å². The van der Waals surface area contributed by atoms with Crippen LogP contribution in [0.3, 0.4) is 0 Å². The number of likely N-dealkylation sites (N-methyl/N-ethyl adjacent to an activating group) is 1. The van der Waals surface area contributed by atoms with Gasteiger partial charge in [-0.15, -0.1) is 12.4 Å². The Morgan fingerprint density at radius 1 is 1.33 bits per heavy atom. The third-order valence-corrected chi connectivity index (χ3v) is 3.83. The zero-order chi connectivity index (χ0) is 13.9. The highest BCUT2D eigenvalue weighted by Gasteiger charge is 2.26. The first-order valence-corrected chi connectivity index (χ1v) is 6.84. The van der Waals surface area contributed by atoms with Crippen molar-refractivity contribution in [1.82, 2.24) is 20.4 Å². The largest absolute Gasteiger partial charge is 0.337 e. The summed E-state index contributed by atoms with van der Waals surface area (Å²) >= 11 is 0. The summed E-state index contributed by atoms with van der Waals surface area (Å²) in [7, 11) is 1.86. The van der Waals surface area contributed by atoms with Gasteiger partial charge in [-0.1, -0.05) is 30.3 Å². The summed E-state index contributed by atoms with van der Waals surface area (Å²) in [5.41, 5.74) is 2.39. The van der Waals surface area contributed by atoms with Crippen LogP contribution in [-0.4, -0.2) is 47.2 Å². The maximum atomic E-state index is 12.6. The van der Waals surface area contributed by atoms with Crippen molar-refractivity contribution in [1.29, 1.82) is 0 Å². The molecule has 0 radical (unpaired) electrons. The molecule has 1 unspecified atom stereocenters. The molecular formula is C15H19ClN4O. The van der Waals surface area contributed by atoms with E-state index in [1.54, 1.807) is 6.20 Å². The van der Waals surface area contributed by atoms with E-state index in [-0.39, 0.29) is 24.4 Å². The first kappa shape index (κ1) is 15.5. The van der Waals surface area contributed by atoms with Gasteiger partial charge in [0.1, 0.15) is 0 Å². The van der Waals surface area contributed by atoms with Gasteiger partial charge in [0.05, 0.1) is 17.5 Å². The Morgan fingerprint density at radius 3 is 2.76 bits per heavy atom. The summed E-state index contributed by atoms with van der Waals surface area (Å²) in [5.74, 6) is 0.0197. The number of halogens is 1. The topological polar surface area (TPSA) is 61.0 Å². The molecule has 0 aliphatic carbocycles. The average Bonchev–Trinajstić information content (AvgIpc) is 3.17. The van der Waals surface area contributed by atoms with Crippen molar-refractivity contribution >= 4 is 18.3 Å². The lowest BCUT2D eigenvalue weighted by Crippen LogP contribution is -2.38. The predicted molar refractivity (Wildman–Crippen MR) is 84.6 cm³/mol. The number of H-pyrrole nitrogens is 1. The maximum absolute atomic E-state index is 12.6. The number of benzene rings is 1. The summed E-state index contributed by atoms with van der Waals surface area (Å²) in [6.07, 6.45) is 2.62. The van der Waals surface area contributed by atoms with E-state index in [4.69, 9.17) is 0 Å². The second-order valence-electron chi connectivity index (χ2n) is 5.09. The number of aromatic amines is 1. The van der Waals surface area contributed by atoms with Crippen LogP contribution in [-0.2, 0) is 0 Å². The molecule has 1 atom stereocenters. The first-order valence-electron chi connectivity index (χ1n) is 6.84. The summed E-state index contributed by atoms with van der Waals surface area (Å²) in [6, 6.07) is 10.1. The second-order valence-corrected chi connectivity index (χ2v) is 5.09. The number of nitrogens with zero attached hydrogens (tertiary/aromatic N) is 2. The van der Waals surface area contributed by atoms with Crippen LogP contribution >= 0.6 is 12.4 Å². The highest BCUT2D eigenvalue weighted by atomic mass is 35.5. The van der Waals surface area contributed by atoms with Crippen LogP contribution in [0, 0.1) is 0 Å². The number of aromatic nitrogens is 2. The lowest BCUT2D eigenvalue weighted by atomic mass is 10.1. The molecule has 3 rings (SSSR count). The Kier molecular flexibility index (Phi) is 4.98. The zero-order valence-corrected chi connectivity index (χ0v) is 12.7. The predicted octanol–water partition coefficient (Wildman–Crippen LogP) is 1.93. The molecule has 1 aromatic heterocycles. The molecule has 0 bridgehead atoms. The van der Waals surface area contributed by atoms with Gasteiger partial charge in [-0.25, -0.2) is 0 Å². The fourth-order valence-electron chi connectivity index (χ4n) is 2.60. The summed E-state index contributed by atoms with van der Waals surface area (Å²) in [6.45, 7) is 1.83. The molecule has 2 aromatic rings. The van der Waals surface area contributed by atoms with Gasteiger partial charge in [-0.3, -0.25) is 9.89 Å². The monoisotopic (exact) mass is 306 g/mol. The third-order valence-electron chi connectivity index (χ3n) is 3.83. The number of nitrogens with one attached hydrogen (secondary N) is 2. The van der Waals surface area contributed by atoms with Crippen LogP contribution in [0.2, 0.25) is 0 Å². The second kappa shape index (κ2) is 6.74. The van der Waals surface area contributed by atoms with Crippen molar-refractivity contribution in [2.24, 2.45) is 0 Å². The van der Waals surface area contributed by atoms with Gasteiger partial charge < -0.3 is 10.2 Å². The minimum atomic E-state index is 0. The molecule has 21 heavy (non-hydrogen) atoms. The number of rotatable bonds is 3. The van der Waals surface area contributed by atoms with Crippen molar-refractivity contribution in [2.45, 2.75) is 12.5 Å². The average molecular weight is 307 g/mol. The Bertz CT molecular complexity index is 593. The number of carbonyl (C=O) groups is 1. The van der Waals surface area contributed by atoms with E-state index in [1.807, 2.05) is 42.3 Å². The van der Waals surface area contributed by atoms with E-state index in [9.17, 15) is 4.79 Å². The maximum Gasteiger partial charge on any atom is 0.257 e. The molecule has 1 amide bonds. The highest BCUT2D eigenvalue weighted by molar-refractivity contribution is 5.99. The molecule has 2 heterocycles. The number of amides is 1. The molecule has 1 aromatic carbocycles. The molecule has 0 spiro atoms. The molecule has 6 heteroatoms. The van der Waals surface area contributed by atoms with Gasteiger partial charge in [-0.2, -0.15) is 5.10 Å². The normalized spacial score (nSPS) is 17.3. The highest BCUT2D eigenvalue weighted by Crippen LogP contribution is 2.22. The lowest BCUT2D eigenvalue weighted by molar-refractivity contribution is 0.0744. The van der Waals surface area contributed by atoms with Gasteiger partial charge in [0.25, 0.3) is 5.91 Å². The molecule has 1 aliphatic heterocycles. The van der Waals surface area contributed by atoms with Crippen molar-refractivity contribution < 1.29 is 4.79 Å².